The molecule has 0 radical (unpaired) electrons. The minimum Gasteiger partial charge on any atom is -0.508 e. The van der Waals surface area contributed by atoms with Crippen LogP contribution in [0, 0.1) is 13.8 Å². The van der Waals surface area contributed by atoms with E-state index in [-0.39, 0.29) is 17.7 Å². The molecule has 0 saturated carbocycles. The van der Waals surface area contributed by atoms with Crippen LogP contribution in [0.2, 0.25) is 0 Å². The Bertz CT molecular complexity index is 1180. The summed E-state index contributed by atoms with van der Waals surface area (Å²) in [7, 11) is 1.60. The maximum absolute atomic E-state index is 11.8. The molecule has 7 heteroatoms. The zero-order valence-corrected chi connectivity index (χ0v) is 18.0. The average Bonchev–Trinajstić information content (AvgIpc) is 3.24. The number of rotatable bonds is 5. The lowest BCUT2D eigenvalue weighted by molar-refractivity contribution is -0.125. The van der Waals surface area contributed by atoms with Crippen LogP contribution in [0.5, 0.6) is 11.5 Å². The third-order valence-electron chi connectivity index (χ3n) is 5.87. The fourth-order valence-electron chi connectivity index (χ4n) is 4.17. The van der Waals surface area contributed by atoms with E-state index in [1.54, 1.807) is 24.3 Å². The lowest BCUT2D eigenvalue weighted by Gasteiger charge is -2.16. The summed E-state index contributed by atoms with van der Waals surface area (Å²) in [6.45, 7) is 8.74. The molecular weight excluding hydrogens is 392 g/mol. The van der Waals surface area contributed by atoms with Crippen LogP contribution in [0.4, 0.5) is 5.95 Å². The number of hydrogen-bond acceptors (Lipinski definition) is 6. The quantitative estimate of drug-likeness (QED) is 0.613. The van der Waals surface area contributed by atoms with Crippen LogP contribution in [0.3, 0.4) is 0 Å². The highest BCUT2D eigenvalue weighted by Gasteiger charge is 2.25. The molecule has 1 aliphatic heterocycles. The van der Waals surface area contributed by atoms with Crippen molar-refractivity contribution in [2.45, 2.75) is 26.3 Å². The van der Waals surface area contributed by atoms with Gasteiger partial charge >= 0.3 is 0 Å². The van der Waals surface area contributed by atoms with E-state index in [4.69, 9.17) is 4.74 Å². The number of anilines is 1. The van der Waals surface area contributed by atoms with Gasteiger partial charge in [0.25, 0.3) is 0 Å². The van der Waals surface area contributed by atoms with E-state index in [1.807, 2.05) is 32.0 Å². The number of methoxy groups -OCH3 is 1. The molecule has 2 heterocycles. The molecule has 31 heavy (non-hydrogen) atoms. The first-order valence-corrected chi connectivity index (χ1v) is 10.2. The second-order valence-corrected chi connectivity index (χ2v) is 7.81. The summed E-state index contributed by atoms with van der Waals surface area (Å²) in [5.41, 5.74) is 4.50. The van der Waals surface area contributed by atoms with Crippen molar-refractivity contribution in [1.29, 1.82) is 0 Å². The molecule has 1 fully saturated rings. The van der Waals surface area contributed by atoms with Crippen molar-refractivity contribution in [2.24, 2.45) is 0 Å². The largest absolute Gasteiger partial charge is 0.508 e. The van der Waals surface area contributed by atoms with Crippen molar-refractivity contribution in [3.63, 3.8) is 0 Å². The van der Waals surface area contributed by atoms with Crippen LogP contribution < -0.4 is 10.1 Å². The molecule has 2 aromatic carbocycles. The molecule has 1 atom stereocenters. The maximum atomic E-state index is 11.8. The number of likely N-dealkylation sites (tertiary alicyclic amines) is 1. The van der Waals surface area contributed by atoms with Crippen LogP contribution in [0.15, 0.2) is 43.1 Å². The van der Waals surface area contributed by atoms with Gasteiger partial charge in [-0.1, -0.05) is 12.6 Å². The van der Waals surface area contributed by atoms with E-state index in [9.17, 15) is 9.90 Å². The molecular formula is C24H26N4O3. The number of hydrogen-bond donors (Lipinski definition) is 2. The van der Waals surface area contributed by atoms with Crippen LogP contribution >= 0.6 is 0 Å². The molecule has 1 aromatic heterocycles. The summed E-state index contributed by atoms with van der Waals surface area (Å²) in [5.74, 6) is 1.35. The van der Waals surface area contributed by atoms with E-state index in [0.717, 1.165) is 39.6 Å². The highest BCUT2D eigenvalue weighted by molar-refractivity contribution is 5.88. The van der Waals surface area contributed by atoms with Gasteiger partial charge in [0, 0.05) is 36.8 Å². The van der Waals surface area contributed by atoms with Gasteiger partial charge in [0.15, 0.2) is 0 Å². The SMILES string of the molecule is C=CC(=O)N1CC[C@H](Nc2ncc3cc(-c4c(C)c(O)cc(OC)c4C)ccc3n2)C1. The molecule has 160 valence electrons. The third-order valence-corrected chi connectivity index (χ3v) is 5.87. The summed E-state index contributed by atoms with van der Waals surface area (Å²) in [5, 5.41) is 14.5. The Morgan fingerprint density at radius 1 is 1.32 bits per heavy atom. The number of phenolic OH excluding ortho intramolecular Hbond substituents is 1. The normalized spacial score (nSPS) is 15.8. The van der Waals surface area contributed by atoms with Crippen molar-refractivity contribution in [1.82, 2.24) is 14.9 Å². The van der Waals surface area contributed by atoms with Gasteiger partial charge in [0.2, 0.25) is 11.9 Å². The first-order valence-electron chi connectivity index (χ1n) is 10.2. The van der Waals surface area contributed by atoms with E-state index in [2.05, 4.69) is 21.9 Å². The summed E-state index contributed by atoms with van der Waals surface area (Å²) < 4.78 is 5.42. The van der Waals surface area contributed by atoms with Crippen molar-refractivity contribution in [3.8, 4) is 22.6 Å². The maximum Gasteiger partial charge on any atom is 0.246 e. The number of fused-ring (bicyclic) bond motifs is 1. The zero-order chi connectivity index (χ0) is 22.1. The molecule has 1 saturated heterocycles. The fraction of sp³-hybridized carbons (Fsp3) is 0.292. The predicted molar refractivity (Wildman–Crippen MR) is 121 cm³/mol. The molecule has 2 N–H and O–H groups in total. The molecule has 3 aromatic rings. The Balaban J connectivity index is 1.61. The standard InChI is InChI=1S/C24H26N4O3/c1-5-22(30)28-9-8-18(13-28)26-24-25-12-17-10-16(6-7-19(17)27-24)23-14(2)20(29)11-21(31-4)15(23)3/h5-7,10-12,18,29H,1,8-9,13H2,2-4H3,(H,25,26,27)/t18-/m0/s1. The summed E-state index contributed by atoms with van der Waals surface area (Å²) in [4.78, 5) is 22.7. The number of aromatic hydroxyl groups is 1. The first kappa shape index (κ1) is 20.7. The van der Waals surface area contributed by atoms with Gasteiger partial charge in [-0.3, -0.25) is 4.79 Å². The highest BCUT2D eigenvalue weighted by Crippen LogP contribution is 2.39. The second-order valence-electron chi connectivity index (χ2n) is 7.81. The minimum absolute atomic E-state index is 0.0505. The number of carbonyl (C=O) groups is 1. The van der Waals surface area contributed by atoms with Crippen LogP contribution in [-0.2, 0) is 4.79 Å². The molecule has 0 unspecified atom stereocenters. The average molecular weight is 418 g/mol. The van der Waals surface area contributed by atoms with Crippen molar-refractivity contribution in [3.05, 3.63) is 54.2 Å². The van der Waals surface area contributed by atoms with E-state index < -0.39 is 0 Å². The molecule has 1 amide bonds. The number of amides is 1. The summed E-state index contributed by atoms with van der Waals surface area (Å²) in [6.07, 6.45) is 3.98. The topological polar surface area (TPSA) is 87.6 Å². The first-order chi connectivity index (χ1) is 14.9. The van der Waals surface area contributed by atoms with Gasteiger partial charge in [-0.15, -0.1) is 0 Å². The van der Waals surface area contributed by atoms with Crippen molar-refractivity contribution < 1.29 is 14.6 Å². The highest BCUT2D eigenvalue weighted by atomic mass is 16.5. The molecule has 7 nitrogen and oxygen atoms in total. The molecule has 0 bridgehead atoms. The molecule has 1 aliphatic rings. The summed E-state index contributed by atoms with van der Waals surface area (Å²) >= 11 is 0. The Morgan fingerprint density at radius 2 is 2.13 bits per heavy atom. The van der Waals surface area contributed by atoms with Gasteiger partial charge in [-0.2, -0.15) is 0 Å². The lowest BCUT2D eigenvalue weighted by Crippen LogP contribution is -2.30. The van der Waals surface area contributed by atoms with Gasteiger partial charge in [0.1, 0.15) is 11.5 Å². The third kappa shape index (κ3) is 3.91. The zero-order valence-electron chi connectivity index (χ0n) is 18.0. The van der Waals surface area contributed by atoms with Gasteiger partial charge in [-0.25, -0.2) is 9.97 Å². The predicted octanol–water partition coefficient (Wildman–Crippen LogP) is 3.83. The van der Waals surface area contributed by atoms with E-state index >= 15 is 0 Å². The monoisotopic (exact) mass is 418 g/mol. The number of carbonyl (C=O) groups excluding carboxylic acids is 1. The van der Waals surface area contributed by atoms with E-state index in [0.29, 0.717) is 24.8 Å². The smallest absolute Gasteiger partial charge is 0.246 e. The summed E-state index contributed by atoms with van der Waals surface area (Å²) in [6, 6.07) is 7.73. The number of benzene rings is 2. The van der Waals surface area contributed by atoms with Gasteiger partial charge in [-0.05, 0) is 60.7 Å². The van der Waals surface area contributed by atoms with Gasteiger partial charge < -0.3 is 20.1 Å². The molecule has 0 spiro atoms. The van der Waals surface area contributed by atoms with Crippen LogP contribution in [0.1, 0.15) is 17.5 Å². The Morgan fingerprint density at radius 3 is 2.87 bits per heavy atom. The number of phenols is 1. The number of nitrogens with one attached hydrogen (secondary N) is 1. The van der Waals surface area contributed by atoms with E-state index in [1.165, 1.54) is 6.08 Å². The Hall–Kier alpha value is -3.61. The van der Waals surface area contributed by atoms with Crippen LogP contribution in [-0.4, -0.2) is 52.1 Å². The lowest BCUT2D eigenvalue weighted by atomic mass is 9.93. The minimum atomic E-state index is -0.0505. The number of nitrogens with zero attached hydrogens (tertiary/aromatic N) is 3. The second kappa shape index (κ2) is 8.26. The Kier molecular flexibility index (Phi) is 5.50. The van der Waals surface area contributed by atoms with Gasteiger partial charge in [0.05, 0.1) is 12.6 Å². The van der Waals surface area contributed by atoms with Crippen molar-refractivity contribution >= 4 is 22.8 Å². The number of ether oxygens (including phenoxy) is 1. The fourth-order valence-corrected chi connectivity index (χ4v) is 4.17. The Labute approximate surface area is 181 Å². The number of aromatic nitrogens is 2. The van der Waals surface area contributed by atoms with Crippen molar-refractivity contribution in [2.75, 3.05) is 25.5 Å². The molecule has 0 aliphatic carbocycles. The molecule has 4 rings (SSSR count). The van der Waals surface area contributed by atoms with Crippen LogP contribution in [0.25, 0.3) is 22.0 Å².